The molecule has 5 aromatic carbocycles. The second-order valence-electron chi connectivity index (χ2n) is 6.59. The molecule has 1 heteroatoms. The molecule has 0 radical (unpaired) electrons. The van der Waals surface area contributed by atoms with Gasteiger partial charge >= 0.3 is 0 Å². The minimum Gasteiger partial charge on any atom is -0.376 e. The van der Waals surface area contributed by atoms with Gasteiger partial charge in [-0.3, -0.25) is 0 Å². The van der Waals surface area contributed by atoms with E-state index in [9.17, 15) is 5.11 Å². The van der Waals surface area contributed by atoms with E-state index in [1.807, 2.05) is 30.3 Å². The first-order valence-electron chi connectivity index (χ1n) is 8.72. The lowest BCUT2D eigenvalue weighted by atomic mass is 9.92. The number of aliphatic hydroxyl groups is 1. The van der Waals surface area contributed by atoms with Gasteiger partial charge in [-0.2, -0.15) is 0 Å². The molecule has 1 N–H and O–H groups in total. The highest BCUT2D eigenvalue weighted by Crippen LogP contribution is 2.36. The monoisotopic (exact) mass is 332 g/mol. The number of hydrogen-bond acceptors (Lipinski definition) is 1. The van der Waals surface area contributed by atoms with Gasteiger partial charge in [0, 0.05) is 5.56 Å². The number of rotatable bonds is 1. The molecule has 5 rings (SSSR count). The molecule has 1 nitrogen and oxygen atoms in total. The van der Waals surface area contributed by atoms with Crippen LogP contribution in [0.5, 0.6) is 0 Å². The Hall–Kier alpha value is -3.34. The maximum Gasteiger partial charge on any atom is 0.140 e. The average Bonchev–Trinajstić information content (AvgIpc) is 2.70. The van der Waals surface area contributed by atoms with Crippen LogP contribution < -0.4 is 0 Å². The summed E-state index contributed by atoms with van der Waals surface area (Å²) in [5, 5.41) is 17.9. The molecular formula is C25H16O. The summed E-state index contributed by atoms with van der Waals surface area (Å²) in [6, 6.07) is 28.8. The van der Waals surface area contributed by atoms with Gasteiger partial charge in [-0.25, -0.2) is 0 Å². The molecule has 0 fully saturated rings. The van der Waals surface area contributed by atoms with Crippen molar-refractivity contribution in [3.8, 4) is 11.8 Å². The molecule has 0 heterocycles. The fourth-order valence-corrected chi connectivity index (χ4v) is 3.69. The van der Waals surface area contributed by atoms with Crippen molar-refractivity contribution in [3.05, 3.63) is 96.1 Å². The molecule has 0 saturated heterocycles. The number of benzene rings is 5. The van der Waals surface area contributed by atoms with Crippen molar-refractivity contribution in [3.63, 3.8) is 0 Å². The lowest BCUT2D eigenvalue weighted by Crippen LogP contribution is -1.95. The van der Waals surface area contributed by atoms with E-state index in [4.69, 9.17) is 0 Å². The third-order valence-electron chi connectivity index (χ3n) is 4.93. The van der Waals surface area contributed by atoms with Gasteiger partial charge in [-0.1, -0.05) is 72.5 Å². The molecule has 1 unspecified atom stereocenters. The Kier molecular flexibility index (Phi) is 3.38. The van der Waals surface area contributed by atoms with Crippen molar-refractivity contribution < 1.29 is 5.11 Å². The van der Waals surface area contributed by atoms with Crippen LogP contribution in [0.4, 0.5) is 0 Å². The van der Waals surface area contributed by atoms with Gasteiger partial charge < -0.3 is 5.11 Å². The Balaban J connectivity index is 1.66. The van der Waals surface area contributed by atoms with E-state index in [1.54, 1.807) is 0 Å². The second-order valence-corrected chi connectivity index (χ2v) is 6.59. The Morgan fingerprint density at radius 3 is 1.85 bits per heavy atom. The maximum absolute atomic E-state index is 10.6. The predicted molar refractivity (Wildman–Crippen MR) is 108 cm³/mol. The summed E-state index contributed by atoms with van der Waals surface area (Å²) in [6.45, 7) is 0. The summed E-state index contributed by atoms with van der Waals surface area (Å²) in [7, 11) is 0. The van der Waals surface area contributed by atoms with Gasteiger partial charge in [0.2, 0.25) is 0 Å². The SMILES string of the molecule is OC(C#Cc1ccccc1)c1cc2ccc3cccc4ccc(c1)c2c34. The van der Waals surface area contributed by atoms with E-state index in [-0.39, 0.29) is 0 Å². The smallest absolute Gasteiger partial charge is 0.140 e. The van der Waals surface area contributed by atoms with Crippen molar-refractivity contribution in [2.75, 3.05) is 0 Å². The summed E-state index contributed by atoms with van der Waals surface area (Å²) in [6.07, 6.45) is -0.808. The van der Waals surface area contributed by atoms with Crippen molar-refractivity contribution in [2.24, 2.45) is 0 Å². The van der Waals surface area contributed by atoms with Gasteiger partial charge in [0.05, 0.1) is 0 Å². The van der Waals surface area contributed by atoms with Gasteiger partial charge in [0.1, 0.15) is 6.10 Å². The molecule has 0 aromatic heterocycles. The van der Waals surface area contributed by atoms with Gasteiger partial charge in [0.25, 0.3) is 0 Å². The first-order valence-corrected chi connectivity index (χ1v) is 8.72. The molecule has 0 aliphatic rings. The van der Waals surface area contributed by atoms with E-state index in [0.717, 1.165) is 21.9 Å². The Morgan fingerprint density at radius 1 is 0.615 bits per heavy atom. The lowest BCUT2D eigenvalue weighted by Gasteiger charge is -2.13. The first-order chi connectivity index (χ1) is 12.8. The summed E-state index contributed by atoms with van der Waals surface area (Å²) < 4.78 is 0. The average molecular weight is 332 g/mol. The molecule has 0 amide bonds. The van der Waals surface area contributed by atoms with Crippen LogP contribution in [0.15, 0.2) is 84.9 Å². The molecule has 1 atom stereocenters. The normalized spacial score (nSPS) is 12.3. The molecule has 122 valence electrons. The molecule has 0 aliphatic carbocycles. The van der Waals surface area contributed by atoms with Crippen LogP contribution in [0, 0.1) is 11.8 Å². The zero-order valence-electron chi connectivity index (χ0n) is 14.1. The van der Waals surface area contributed by atoms with Gasteiger partial charge in [-0.15, -0.1) is 0 Å². The molecule has 0 bridgehead atoms. The highest BCUT2D eigenvalue weighted by molar-refractivity contribution is 6.23. The fraction of sp³-hybridized carbons (Fsp3) is 0.0400. The summed E-state index contributed by atoms with van der Waals surface area (Å²) >= 11 is 0. The zero-order chi connectivity index (χ0) is 17.5. The van der Waals surface area contributed by atoms with E-state index < -0.39 is 6.10 Å². The number of aliphatic hydroxyl groups excluding tert-OH is 1. The maximum atomic E-state index is 10.6. The van der Waals surface area contributed by atoms with Gasteiger partial charge in [-0.05, 0) is 62.1 Å². The molecular weight excluding hydrogens is 316 g/mol. The zero-order valence-corrected chi connectivity index (χ0v) is 14.1. The van der Waals surface area contributed by atoms with Crippen molar-refractivity contribution >= 4 is 32.3 Å². The molecule has 0 saturated carbocycles. The predicted octanol–water partition coefficient (Wildman–Crippen LogP) is 5.67. The van der Waals surface area contributed by atoms with E-state index in [0.29, 0.717) is 0 Å². The number of hydrogen-bond donors (Lipinski definition) is 1. The van der Waals surface area contributed by atoms with Crippen LogP contribution in [-0.4, -0.2) is 5.11 Å². The fourth-order valence-electron chi connectivity index (χ4n) is 3.69. The summed E-state index contributed by atoms with van der Waals surface area (Å²) in [5.41, 5.74) is 1.74. The second kappa shape index (κ2) is 5.88. The van der Waals surface area contributed by atoms with Crippen LogP contribution in [0.2, 0.25) is 0 Å². The highest BCUT2D eigenvalue weighted by atomic mass is 16.3. The molecule has 0 spiro atoms. The van der Waals surface area contributed by atoms with Crippen LogP contribution in [0.3, 0.4) is 0 Å². The van der Waals surface area contributed by atoms with Crippen LogP contribution in [0.25, 0.3) is 32.3 Å². The van der Waals surface area contributed by atoms with E-state index >= 15 is 0 Å². The molecule has 26 heavy (non-hydrogen) atoms. The third kappa shape index (κ3) is 2.40. The van der Waals surface area contributed by atoms with E-state index in [1.165, 1.54) is 21.5 Å². The van der Waals surface area contributed by atoms with Crippen LogP contribution in [-0.2, 0) is 0 Å². The van der Waals surface area contributed by atoms with Crippen molar-refractivity contribution in [1.82, 2.24) is 0 Å². The largest absolute Gasteiger partial charge is 0.376 e. The molecule has 0 aliphatic heterocycles. The quantitative estimate of drug-likeness (QED) is 0.310. The van der Waals surface area contributed by atoms with Gasteiger partial charge in [0.15, 0.2) is 0 Å². The van der Waals surface area contributed by atoms with E-state index in [2.05, 4.69) is 66.4 Å². The minimum atomic E-state index is -0.808. The van der Waals surface area contributed by atoms with Crippen molar-refractivity contribution in [1.29, 1.82) is 0 Å². The van der Waals surface area contributed by atoms with Crippen molar-refractivity contribution in [2.45, 2.75) is 6.10 Å². The minimum absolute atomic E-state index is 0.808. The first kappa shape index (κ1) is 15.0. The standard InChI is InChI=1S/C25H16O/c26-23(14-9-17-5-2-1-3-6-17)22-15-20-12-10-18-7-4-8-19-11-13-21(16-22)25(20)24(18)19/h1-8,10-13,15-16,23,26H. The lowest BCUT2D eigenvalue weighted by molar-refractivity contribution is 0.238. The Bertz CT molecular complexity index is 1230. The third-order valence-corrected chi connectivity index (χ3v) is 4.93. The topological polar surface area (TPSA) is 20.2 Å². The van der Waals surface area contributed by atoms with Crippen LogP contribution >= 0.6 is 0 Å². The summed E-state index contributed by atoms with van der Waals surface area (Å²) in [5.74, 6) is 6.02. The van der Waals surface area contributed by atoms with Crippen LogP contribution in [0.1, 0.15) is 17.2 Å². The highest BCUT2D eigenvalue weighted by Gasteiger charge is 2.11. The molecule has 5 aromatic rings. The summed E-state index contributed by atoms with van der Waals surface area (Å²) in [4.78, 5) is 0. The Labute approximate surface area is 151 Å². The Morgan fingerprint density at radius 2 is 1.19 bits per heavy atom.